The lowest BCUT2D eigenvalue weighted by Gasteiger charge is -2.27. The largest absolute Gasteiger partial charge is 0.350 e. The number of nitrogens with zero attached hydrogens (tertiary/aromatic N) is 1. The SMILES string of the molecule is CC(C)(C)NC(=O)[C@@H]1CSCN1S(=O)(=O)Cc1ccccc1. The molecule has 0 aromatic heterocycles. The van der Waals surface area contributed by atoms with Gasteiger partial charge in [0.2, 0.25) is 15.9 Å². The Kier molecular flexibility index (Phi) is 5.19. The highest BCUT2D eigenvalue weighted by atomic mass is 32.2. The molecule has 122 valence electrons. The van der Waals surface area contributed by atoms with Crippen molar-refractivity contribution in [1.29, 1.82) is 0 Å². The molecule has 0 spiro atoms. The van der Waals surface area contributed by atoms with Crippen molar-refractivity contribution in [3.63, 3.8) is 0 Å². The molecule has 1 saturated heterocycles. The number of hydrogen-bond donors (Lipinski definition) is 1. The maximum Gasteiger partial charge on any atom is 0.239 e. The van der Waals surface area contributed by atoms with Gasteiger partial charge in [-0.3, -0.25) is 4.79 Å². The van der Waals surface area contributed by atoms with E-state index in [9.17, 15) is 13.2 Å². The van der Waals surface area contributed by atoms with Gasteiger partial charge in [-0.2, -0.15) is 4.31 Å². The van der Waals surface area contributed by atoms with E-state index in [1.54, 1.807) is 12.1 Å². The second-order valence-electron chi connectivity index (χ2n) is 6.38. The molecule has 1 aromatic rings. The fraction of sp³-hybridized carbons (Fsp3) is 0.533. The van der Waals surface area contributed by atoms with Gasteiger partial charge in [-0.25, -0.2) is 8.42 Å². The number of thioether (sulfide) groups is 1. The molecule has 1 fully saturated rings. The van der Waals surface area contributed by atoms with Crippen LogP contribution in [0.2, 0.25) is 0 Å². The van der Waals surface area contributed by atoms with Crippen LogP contribution in [0.1, 0.15) is 26.3 Å². The summed E-state index contributed by atoms with van der Waals surface area (Å²) in [5, 5.41) is 2.87. The van der Waals surface area contributed by atoms with E-state index in [2.05, 4.69) is 5.32 Å². The van der Waals surface area contributed by atoms with Gasteiger partial charge in [-0.05, 0) is 26.3 Å². The Morgan fingerprint density at radius 2 is 1.95 bits per heavy atom. The Morgan fingerprint density at radius 1 is 1.32 bits per heavy atom. The lowest BCUT2D eigenvalue weighted by Crippen LogP contribution is -2.52. The van der Waals surface area contributed by atoms with Crippen molar-refractivity contribution in [1.82, 2.24) is 9.62 Å². The van der Waals surface area contributed by atoms with Crippen LogP contribution in [0.5, 0.6) is 0 Å². The third-order valence-corrected chi connectivity index (χ3v) is 6.16. The van der Waals surface area contributed by atoms with Gasteiger partial charge in [0.05, 0.1) is 11.6 Å². The number of sulfonamides is 1. The molecular weight excluding hydrogens is 320 g/mol. The first-order valence-electron chi connectivity index (χ1n) is 7.12. The minimum atomic E-state index is -3.51. The smallest absolute Gasteiger partial charge is 0.239 e. The molecule has 0 bridgehead atoms. The van der Waals surface area contributed by atoms with Gasteiger partial charge in [0.25, 0.3) is 0 Å². The van der Waals surface area contributed by atoms with Crippen LogP contribution in [-0.4, -0.2) is 41.8 Å². The number of benzene rings is 1. The van der Waals surface area contributed by atoms with Crippen LogP contribution in [0.25, 0.3) is 0 Å². The number of carbonyl (C=O) groups excluding carboxylic acids is 1. The molecule has 1 aromatic carbocycles. The minimum absolute atomic E-state index is 0.0757. The van der Waals surface area contributed by atoms with E-state index in [4.69, 9.17) is 0 Å². The van der Waals surface area contributed by atoms with Gasteiger partial charge in [0, 0.05) is 11.3 Å². The molecule has 1 aliphatic rings. The summed E-state index contributed by atoms with van der Waals surface area (Å²) in [4.78, 5) is 12.3. The molecule has 0 saturated carbocycles. The maximum atomic E-state index is 12.6. The molecule has 0 radical (unpaired) electrons. The summed E-state index contributed by atoms with van der Waals surface area (Å²) in [5.41, 5.74) is 0.355. The van der Waals surface area contributed by atoms with Crippen LogP contribution < -0.4 is 5.32 Å². The van der Waals surface area contributed by atoms with Gasteiger partial charge >= 0.3 is 0 Å². The Balaban J connectivity index is 2.14. The number of hydrogen-bond acceptors (Lipinski definition) is 4. The fourth-order valence-electron chi connectivity index (χ4n) is 2.23. The van der Waals surface area contributed by atoms with E-state index in [0.717, 1.165) is 5.56 Å². The number of amides is 1. The first-order valence-corrected chi connectivity index (χ1v) is 9.89. The molecular formula is C15H22N2O3S2. The Labute approximate surface area is 136 Å². The predicted octanol–water partition coefficient (Wildman–Crippen LogP) is 1.81. The summed E-state index contributed by atoms with van der Waals surface area (Å²) in [6.45, 7) is 5.65. The zero-order valence-corrected chi connectivity index (χ0v) is 14.7. The third-order valence-electron chi connectivity index (χ3n) is 3.19. The van der Waals surface area contributed by atoms with Crippen LogP contribution in [0.4, 0.5) is 0 Å². The van der Waals surface area contributed by atoms with Crippen molar-refractivity contribution >= 4 is 27.7 Å². The minimum Gasteiger partial charge on any atom is -0.350 e. The molecule has 22 heavy (non-hydrogen) atoms. The first-order chi connectivity index (χ1) is 10.2. The first kappa shape index (κ1) is 17.3. The Hall–Kier alpha value is -1.05. The van der Waals surface area contributed by atoms with Crippen molar-refractivity contribution < 1.29 is 13.2 Å². The molecule has 0 unspecified atom stereocenters. The molecule has 1 N–H and O–H groups in total. The quantitative estimate of drug-likeness (QED) is 0.906. The fourth-order valence-corrected chi connectivity index (χ4v) is 5.55. The van der Waals surface area contributed by atoms with E-state index < -0.39 is 16.1 Å². The monoisotopic (exact) mass is 342 g/mol. The third kappa shape index (κ3) is 4.47. The van der Waals surface area contributed by atoms with E-state index in [0.29, 0.717) is 11.6 Å². The van der Waals surface area contributed by atoms with Gasteiger partial charge in [0.15, 0.2) is 0 Å². The van der Waals surface area contributed by atoms with E-state index in [-0.39, 0.29) is 17.2 Å². The lowest BCUT2D eigenvalue weighted by molar-refractivity contribution is -0.125. The van der Waals surface area contributed by atoms with Gasteiger partial charge in [0.1, 0.15) is 6.04 Å². The zero-order valence-electron chi connectivity index (χ0n) is 13.1. The molecule has 5 nitrogen and oxygen atoms in total. The van der Waals surface area contributed by atoms with E-state index >= 15 is 0 Å². The van der Waals surface area contributed by atoms with Crippen molar-refractivity contribution in [3.05, 3.63) is 35.9 Å². The van der Waals surface area contributed by atoms with Crippen LogP contribution >= 0.6 is 11.8 Å². The van der Waals surface area contributed by atoms with Crippen LogP contribution in [0.15, 0.2) is 30.3 Å². The van der Waals surface area contributed by atoms with Gasteiger partial charge < -0.3 is 5.32 Å². The van der Waals surface area contributed by atoms with Crippen LogP contribution in [0, 0.1) is 0 Å². The molecule has 1 amide bonds. The summed E-state index contributed by atoms with van der Waals surface area (Å²) in [5.74, 6) is 0.523. The standard InChI is InChI=1S/C15H22N2O3S2/c1-15(2,3)16-14(18)13-9-21-11-17(13)22(19,20)10-12-7-5-4-6-8-12/h4-8,13H,9-11H2,1-3H3,(H,16,18)/t13-/m0/s1. The highest BCUT2D eigenvalue weighted by Crippen LogP contribution is 2.26. The second-order valence-corrected chi connectivity index (χ2v) is 9.31. The number of nitrogens with one attached hydrogen (secondary N) is 1. The van der Waals surface area contributed by atoms with Crippen LogP contribution in [-0.2, 0) is 20.6 Å². The highest BCUT2D eigenvalue weighted by molar-refractivity contribution is 8.00. The topological polar surface area (TPSA) is 66.5 Å². The van der Waals surface area contributed by atoms with E-state index in [1.807, 2.05) is 39.0 Å². The Bertz CT molecular complexity index is 624. The van der Waals surface area contributed by atoms with Gasteiger partial charge in [-0.1, -0.05) is 30.3 Å². The number of rotatable bonds is 4. The van der Waals surface area contributed by atoms with Crippen molar-refractivity contribution in [3.8, 4) is 0 Å². The molecule has 0 aliphatic carbocycles. The second kappa shape index (κ2) is 6.60. The normalized spacial score (nSPS) is 20.0. The summed E-state index contributed by atoms with van der Waals surface area (Å²) in [7, 11) is -3.51. The van der Waals surface area contributed by atoms with Gasteiger partial charge in [-0.15, -0.1) is 11.8 Å². The summed E-state index contributed by atoms with van der Waals surface area (Å²) in [6, 6.07) is 8.41. The molecule has 7 heteroatoms. The molecule has 2 rings (SSSR count). The maximum absolute atomic E-state index is 12.6. The molecule has 1 aliphatic heterocycles. The zero-order chi connectivity index (χ0) is 16.4. The average Bonchev–Trinajstić information content (AvgIpc) is 2.87. The van der Waals surface area contributed by atoms with E-state index in [1.165, 1.54) is 16.1 Å². The summed E-state index contributed by atoms with van der Waals surface area (Å²) in [6.07, 6.45) is 0. The van der Waals surface area contributed by atoms with Crippen molar-refractivity contribution in [2.75, 3.05) is 11.6 Å². The Morgan fingerprint density at radius 3 is 2.55 bits per heavy atom. The molecule has 1 heterocycles. The summed E-state index contributed by atoms with van der Waals surface area (Å²) < 4.78 is 26.6. The molecule has 1 atom stereocenters. The van der Waals surface area contributed by atoms with Crippen LogP contribution in [0.3, 0.4) is 0 Å². The average molecular weight is 342 g/mol. The highest BCUT2D eigenvalue weighted by Gasteiger charge is 2.39. The number of carbonyl (C=O) groups is 1. The predicted molar refractivity (Wildman–Crippen MR) is 89.9 cm³/mol. The summed E-state index contributed by atoms with van der Waals surface area (Å²) >= 11 is 1.47. The van der Waals surface area contributed by atoms with Crippen molar-refractivity contribution in [2.45, 2.75) is 38.1 Å². The lowest BCUT2D eigenvalue weighted by atomic mass is 10.1. The van der Waals surface area contributed by atoms with Crippen molar-refractivity contribution in [2.24, 2.45) is 0 Å².